The third-order valence-electron chi connectivity index (χ3n) is 3.28. The van der Waals surface area contributed by atoms with E-state index in [4.69, 9.17) is 9.47 Å². The summed E-state index contributed by atoms with van der Waals surface area (Å²) in [5, 5.41) is 0. The molecule has 0 radical (unpaired) electrons. The van der Waals surface area contributed by atoms with E-state index in [0.717, 1.165) is 0 Å². The second-order valence-electron chi connectivity index (χ2n) is 5.01. The molecule has 0 aromatic heterocycles. The minimum absolute atomic E-state index is 0.0618. The third kappa shape index (κ3) is 5.70. The molecule has 136 valence electrons. The van der Waals surface area contributed by atoms with Gasteiger partial charge in [0.15, 0.2) is 12.4 Å². The summed E-state index contributed by atoms with van der Waals surface area (Å²) in [5.41, 5.74) is 0.904. The van der Waals surface area contributed by atoms with Gasteiger partial charge in [-0.3, -0.25) is 4.79 Å². The van der Waals surface area contributed by atoms with Gasteiger partial charge in [-0.2, -0.15) is 8.78 Å². The van der Waals surface area contributed by atoms with Gasteiger partial charge in [-0.1, -0.05) is 18.2 Å². The van der Waals surface area contributed by atoms with Crippen molar-refractivity contribution in [3.8, 4) is 11.5 Å². The fraction of sp³-hybridized carbons (Fsp3) is 0.158. The van der Waals surface area contributed by atoms with Crippen LogP contribution >= 0.6 is 0 Å². The molecule has 0 aliphatic rings. The highest BCUT2D eigenvalue weighted by atomic mass is 19.3. The maximum atomic E-state index is 12.1. The number of ketones is 1. The van der Waals surface area contributed by atoms with Crippen molar-refractivity contribution in [2.24, 2.45) is 0 Å². The van der Waals surface area contributed by atoms with Crippen molar-refractivity contribution in [3.63, 3.8) is 0 Å². The van der Waals surface area contributed by atoms with E-state index in [1.807, 2.05) is 0 Å². The number of methoxy groups -OCH3 is 1. The summed E-state index contributed by atoms with van der Waals surface area (Å²) < 4.78 is 38.4. The Morgan fingerprint density at radius 1 is 1.08 bits per heavy atom. The number of halogens is 2. The molecule has 0 saturated heterocycles. The van der Waals surface area contributed by atoms with Gasteiger partial charge < -0.3 is 14.2 Å². The number of Topliss-reactive ketones (excluding diaryl/α,β-unsaturated/α-hetero) is 1. The third-order valence-corrected chi connectivity index (χ3v) is 3.28. The first-order valence-corrected chi connectivity index (χ1v) is 7.55. The summed E-state index contributed by atoms with van der Waals surface area (Å²) in [7, 11) is 1.52. The van der Waals surface area contributed by atoms with Crippen molar-refractivity contribution in [3.05, 3.63) is 65.7 Å². The summed E-state index contributed by atoms with van der Waals surface area (Å²) in [5.74, 6) is -0.624. The molecule has 0 aliphatic heterocycles. The highest BCUT2D eigenvalue weighted by molar-refractivity contribution is 5.99. The zero-order valence-electron chi connectivity index (χ0n) is 13.9. The van der Waals surface area contributed by atoms with Crippen LogP contribution in [0.1, 0.15) is 15.9 Å². The molecule has 5 nitrogen and oxygen atoms in total. The van der Waals surface area contributed by atoms with E-state index < -0.39 is 25.0 Å². The summed E-state index contributed by atoms with van der Waals surface area (Å²) in [6, 6.07) is 12.2. The molecule has 0 bridgehead atoms. The molecule has 0 unspecified atom stereocenters. The average Bonchev–Trinajstić information content (AvgIpc) is 2.64. The van der Waals surface area contributed by atoms with Gasteiger partial charge in [-0.25, -0.2) is 4.79 Å². The molecule has 0 N–H and O–H groups in total. The fourth-order valence-electron chi connectivity index (χ4n) is 2.05. The number of hydrogen-bond donors (Lipinski definition) is 0. The van der Waals surface area contributed by atoms with Gasteiger partial charge in [0.1, 0.15) is 11.5 Å². The van der Waals surface area contributed by atoms with Gasteiger partial charge in [0.2, 0.25) is 0 Å². The summed E-state index contributed by atoms with van der Waals surface area (Å²) in [4.78, 5) is 23.7. The molecule has 0 fully saturated rings. The first-order valence-electron chi connectivity index (χ1n) is 7.55. The average molecular weight is 362 g/mol. The Bertz CT molecular complexity index is 785. The Kier molecular flexibility index (Phi) is 6.84. The highest BCUT2D eigenvalue weighted by Crippen LogP contribution is 2.18. The van der Waals surface area contributed by atoms with Crippen LogP contribution in [0, 0.1) is 0 Å². The van der Waals surface area contributed by atoms with Crippen molar-refractivity contribution in [1.29, 1.82) is 0 Å². The number of alkyl halides is 2. The minimum atomic E-state index is -2.94. The second kappa shape index (κ2) is 9.31. The lowest BCUT2D eigenvalue weighted by Crippen LogP contribution is -2.12. The maximum absolute atomic E-state index is 12.1. The van der Waals surface area contributed by atoms with Crippen molar-refractivity contribution in [1.82, 2.24) is 0 Å². The van der Waals surface area contributed by atoms with E-state index in [0.29, 0.717) is 11.3 Å². The quantitative estimate of drug-likeness (QED) is 0.407. The molecule has 0 spiro atoms. The fourth-order valence-corrected chi connectivity index (χ4v) is 2.05. The van der Waals surface area contributed by atoms with E-state index in [1.165, 1.54) is 43.5 Å². The first-order chi connectivity index (χ1) is 12.5. The van der Waals surface area contributed by atoms with Crippen LogP contribution in [-0.4, -0.2) is 32.1 Å². The standard InChI is InChI=1S/C19H16F2O5/c1-24-17-5-3-2-4-14(17)8-11-18(23)25-12-16(22)13-6-9-15(10-7-13)26-19(20)21/h2-11,19H,12H2,1H3/b11-8+. The molecule has 7 heteroatoms. The van der Waals surface area contributed by atoms with Crippen molar-refractivity contribution >= 4 is 17.8 Å². The van der Waals surface area contributed by atoms with Gasteiger partial charge >= 0.3 is 12.6 Å². The van der Waals surface area contributed by atoms with Gasteiger partial charge in [-0.15, -0.1) is 0 Å². The number of carbonyl (C=O) groups is 2. The molecule has 2 rings (SSSR count). The zero-order chi connectivity index (χ0) is 18.9. The van der Waals surface area contributed by atoms with Gasteiger partial charge in [0.25, 0.3) is 0 Å². The molecule has 0 saturated carbocycles. The normalized spacial score (nSPS) is 10.8. The SMILES string of the molecule is COc1ccccc1/C=C/C(=O)OCC(=O)c1ccc(OC(F)F)cc1. The van der Waals surface area contributed by atoms with Crippen molar-refractivity contribution in [2.75, 3.05) is 13.7 Å². The van der Waals surface area contributed by atoms with Crippen LogP contribution in [0.25, 0.3) is 6.08 Å². The Balaban J connectivity index is 1.88. The monoisotopic (exact) mass is 362 g/mol. The number of para-hydroxylation sites is 1. The molecule has 2 aromatic carbocycles. The Morgan fingerprint density at radius 2 is 1.77 bits per heavy atom. The number of benzene rings is 2. The lowest BCUT2D eigenvalue weighted by Gasteiger charge is -2.06. The summed E-state index contributed by atoms with van der Waals surface area (Å²) in [6.45, 7) is -3.41. The highest BCUT2D eigenvalue weighted by Gasteiger charge is 2.10. The predicted octanol–water partition coefficient (Wildman–Crippen LogP) is 3.74. The van der Waals surface area contributed by atoms with E-state index >= 15 is 0 Å². The minimum Gasteiger partial charge on any atom is -0.496 e. The molecule has 0 amide bonds. The number of rotatable bonds is 8. The Morgan fingerprint density at radius 3 is 2.42 bits per heavy atom. The molecule has 26 heavy (non-hydrogen) atoms. The van der Waals surface area contributed by atoms with Crippen LogP contribution in [0.4, 0.5) is 8.78 Å². The number of esters is 1. The summed E-state index contributed by atoms with van der Waals surface area (Å²) in [6.07, 6.45) is 2.70. The van der Waals surface area contributed by atoms with Crippen LogP contribution < -0.4 is 9.47 Å². The van der Waals surface area contributed by atoms with Crippen molar-refractivity contribution < 1.29 is 32.6 Å². The van der Waals surface area contributed by atoms with E-state index in [1.54, 1.807) is 24.3 Å². The van der Waals surface area contributed by atoms with Crippen LogP contribution in [0.3, 0.4) is 0 Å². The Labute approximate surface area is 148 Å². The van der Waals surface area contributed by atoms with Crippen molar-refractivity contribution in [2.45, 2.75) is 6.61 Å². The zero-order valence-corrected chi connectivity index (χ0v) is 13.9. The molecular formula is C19H16F2O5. The van der Waals surface area contributed by atoms with E-state index in [2.05, 4.69) is 4.74 Å². The predicted molar refractivity (Wildman–Crippen MR) is 90.4 cm³/mol. The molecular weight excluding hydrogens is 346 g/mol. The largest absolute Gasteiger partial charge is 0.496 e. The lowest BCUT2D eigenvalue weighted by molar-refractivity contribution is -0.136. The molecule has 2 aromatic rings. The number of hydrogen-bond acceptors (Lipinski definition) is 5. The smallest absolute Gasteiger partial charge is 0.387 e. The summed E-state index contributed by atoms with van der Waals surface area (Å²) >= 11 is 0. The van der Waals surface area contributed by atoms with Crippen LogP contribution in [-0.2, 0) is 9.53 Å². The van der Waals surface area contributed by atoms with Crippen LogP contribution in [0.2, 0.25) is 0 Å². The Hall–Kier alpha value is -3.22. The maximum Gasteiger partial charge on any atom is 0.387 e. The van der Waals surface area contributed by atoms with E-state index in [9.17, 15) is 18.4 Å². The van der Waals surface area contributed by atoms with E-state index in [-0.39, 0.29) is 11.3 Å². The first kappa shape index (κ1) is 19.1. The molecule has 0 heterocycles. The van der Waals surface area contributed by atoms with Gasteiger partial charge in [0, 0.05) is 17.2 Å². The lowest BCUT2D eigenvalue weighted by atomic mass is 10.1. The van der Waals surface area contributed by atoms with Gasteiger partial charge in [0.05, 0.1) is 7.11 Å². The molecule has 0 atom stereocenters. The molecule has 0 aliphatic carbocycles. The number of carbonyl (C=O) groups excluding carboxylic acids is 2. The second-order valence-corrected chi connectivity index (χ2v) is 5.01. The van der Waals surface area contributed by atoms with Gasteiger partial charge in [-0.05, 0) is 36.4 Å². The number of ether oxygens (including phenoxy) is 3. The van der Waals surface area contributed by atoms with Crippen LogP contribution in [0.15, 0.2) is 54.6 Å². The van der Waals surface area contributed by atoms with Crippen LogP contribution in [0.5, 0.6) is 11.5 Å². The topological polar surface area (TPSA) is 61.8 Å².